The smallest absolute Gasteiger partial charge is 0.410 e. The maximum absolute atomic E-state index is 14.7. The molecule has 1 saturated heterocycles. The molecular formula is C60H79NO9. The van der Waals surface area contributed by atoms with Gasteiger partial charge >= 0.3 is 18.0 Å². The highest BCUT2D eigenvalue weighted by Gasteiger charge is 2.59. The topological polar surface area (TPSA) is 121 Å². The Hall–Kier alpha value is -5.09. The summed E-state index contributed by atoms with van der Waals surface area (Å²) in [5.74, 6) is 4.40. The first-order chi connectivity index (χ1) is 33.6. The molecule has 1 N–H and O–H groups in total. The standard InChI is InChI=1S/C60H79NO9/c1-9-41(39(2)3)16-15-40(4)52-27-28-53-51-26-21-45-35-49(31-33-58(45,5)54(51)32-34-59(52,53)6)70-57(65)61-37-50(69-56(64)30-29-55(62)63)36-46(61)38-68-60(42-13-11-10-12-14-42,43-17-22-47(66-7)23-18-43)44-19-24-48(67-8)25-20-44/h10-25,39-41,46,49-54H,9,26-38H2,1-8H3,(H,62,63)/b16-15+/t40-,41?,46+,49+,50-,51+,52-,53+,54+,58+,59-/m1/s1. The van der Waals surface area contributed by atoms with Crippen molar-refractivity contribution in [3.63, 3.8) is 0 Å². The number of likely N-dealkylation sites (tertiary alicyclic amines) is 1. The lowest BCUT2D eigenvalue weighted by molar-refractivity contribution is -0.151. The van der Waals surface area contributed by atoms with E-state index >= 15 is 0 Å². The van der Waals surface area contributed by atoms with Crippen molar-refractivity contribution in [2.45, 2.75) is 142 Å². The van der Waals surface area contributed by atoms with Gasteiger partial charge in [0.05, 0.1) is 46.3 Å². The predicted octanol–water partition coefficient (Wildman–Crippen LogP) is 12.8. The lowest BCUT2D eigenvalue weighted by Gasteiger charge is -2.58. The predicted molar refractivity (Wildman–Crippen MR) is 273 cm³/mol. The normalized spacial score (nSPS) is 29.4. The van der Waals surface area contributed by atoms with Gasteiger partial charge in [-0.05, 0) is 145 Å². The number of amides is 1. The molecule has 10 nitrogen and oxygen atoms in total. The largest absolute Gasteiger partial charge is 0.497 e. The number of rotatable bonds is 18. The molecule has 10 heteroatoms. The summed E-state index contributed by atoms with van der Waals surface area (Å²) < 4.78 is 30.8. The summed E-state index contributed by atoms with van der Waals surface area (Å²) in [7, 11) is 3.27. The summed E-state index contributed by atoms with van der Waals surface area (Å²) in [6, 6.07) is 25.1. The van der Waals surface area contributed by atoms with Gasteiger partial charge in [-0.3, -0.25) is 14.5 Å². The Labute approximate surface area is 417 Å². The molecule has 8 rings (SSSR count). The number of hydrogen-bond acceptors (Lipinski definition) is 8. The van der Waals surface area contributed by atoms with Gasteiger partial charge in [0.1, 0.15) is 29.3 Å². The van der Waals surface area contributed by atoms with Crippen molar-refractivity contribution in [3.05, 3.63) is 119 Å². The number of ether oxygens (including phenoxy) is 5. The van der Waals surface area contributed by atoms with Gasteiger partial charge in [0.15, 0.2) is 0 Å². The van der Waals surface area contributed by atoms with Crippen LogP contribution in [0.25, 0.3) is 0 Å². The molecule has 0 aromatic heterocycles. The van der Waals surface area contributed by atoms with E-state index in [1.807, 2.05) is 78.9 Å². The van der Waals surface area contributed by atoms with E-state index in [1.165, 1.54) is 37.7 Å². The first kappa shape index (κ1) is 51.3. The van der Waals surface area contributed by atoms with Gasteiger partial charge in [0, 0.05) is 12.8 Å². The van der Waals surface area contributed by atoms with Crippen LogP contribution in [-0.2, 0) is 29.4 Å². The second kappa shape index (κ2) is 21.7. The fraction of sp³-hybridized carbons (Fsp3) is 0.583. The molecule has 1 unspecified atom stereocenters. The number of hydrogen-bond donors (Lipinski definition) is 1. The van der Waals surface area contributed by atoms with Crippen LogP contribution in [0.4, 0.5) is 4.79 Å². The highest BCUT2D eigenvalue weighted by Crippen LogP contribution is 2.67. The highest BCUT2D eigenvalue weighted by molar-refractivity contribution is 5.76. The van der Waals surface area contributed by atoms with Crippen LogP contribution in [0.5, 0.6) is 11.5 Å². The van der Waals surface area contributed by atoms with Gasteiger partial charge in [-0.15, -0.1) is 0 Å². The molecular weight excluding hydrogens is 879 g/mol. The quantitative estimate of drug-likeness (QED) is 0.0754. The molecule has 3 saturated carbocycles. The number of carboxylic acids is 1. The van der Waals surface area contributed by atoms with E-state index in [2.05, 4.69) is 59.8 Å². The number of carboxylic acid groups (broad SMARTS) is 1. The zero-order valence-corrected chi connectivity index (χ0v) is 43.1. The number of benzene rings is 3. The average molecular weight is 958 g/mol. The fourth-order valence-electron chi connectivity index (χ4n) is 14.2. The molecule has 1 amide bonds. The second-order valence-corrected chi connectivity index (χ2v) is 22.2. The van der Waals surface area contributed by atoms with Gasteiger partial charge in [0.2, 0.25) is 0 Å². The Morgan fingerprint density at radius 2 is 1.44 bits per heavy atom. The van der Waals surface area contributed by atoms with Gasteiger partial charge in [-0.2, -0.15) is 0 Å². The van der Waals surface area contributed by atoms with Crippen LogP contribution in [0.3, 0.4) is 0 Å². The van der Waals surface area contributed by atoms with Crippen LogP contribution in [0.15, 0.2) is 103 Å². The number of methoxy groups -OCH3 is 2. The molecule has 4 fully saturated rings. The number of aliphatic carboxylic acids is 1. The minimum absolute atomic E-state index is 0.0788. The number of allylic oxidation sites excluding steroid dienone is 3. The van der Waals surface area contributed by atoms with E-state index in [9.17, 15) is 19.5 Å². The summed E-state index contributed by atoms with van der Waals surface area (Å²) >= 11 is 0. The van der Waals surface area contributed by atoms with E-state index < -0.39 is 35.8 Å². The molecule has 0 spiro atoms. The van der Waals surface area contributed by atoms with Crippen LogP contribution in [0, 0.1) is 52.3 Å². The summed E-state index contributed by atoms with van der Waals surface area (Å²) in [5.41, 5.74) is 3.35. The summed E-state index contributed by atoms with van der Waals surface area (Å²) in [5, 5.41) is 9.28. The summed E-state index contributed by atoms with van der Waals surface area (Å²) in [4.78, 5) is 40.7. The molecule has 11 atom stereocenters. The lowest BCUT2D eigenvalue weighted by Crippen LogP contribution is -2.51. The fourth-order valence-corrected chi connectivity index (χ4v) is 14.2. The minimum atomic E-state index is -1.14. The van der Waals surface area contributed by atoms with Gasteiger partial charge in [-0.25, -0.2) is 4.79 Å². The minimum Gasteiger partial charge on any atom is -0.497 e. The van der Waals surface area contributed by atoms with Crippen molar-refractivity contribution in [3.8, 4) is 11.5 Å². The van der Waals surface area contributed by atoms with Crippen LogP contribution < -0.4 is 9.47 Å². The first-order valence-electron chi connectivity index (χ1n) is 26.4. The molecule has 3 aromatic rings. The summed E-state index contributed by atoms with van der Waals surface area (Å²) in [6.45, 7) is 14.8. The molecule has 0 radical (unpaired) electrons. The first-order valence-corrected chi connectivity index (χ1v) is 26.4. The zero-order valence-electron chi connectivity index (χ0n) is 43.1. The number of nitrogens with zero attached hydrogens (tertiary/aromatic N) is 1. The third kappa shape index (κ3) is 10.3. The van der Waals surface area contributed by atoms with Gasteiger partial charge in [0.25, 0.3) is 0 Å². The third-order valence-electron chi connectivity index (χ3n) is 18.1. The van der Waals surface area contributed by atoms with Crippen LogP contribution in [-0.4, -0.2) is 73.7 Å². The van der Waals surface area contributed by atoms with Crippen LogP contribution in [0.2, 0.25) is 0 Å². The van der Waals surface area contributed by atoms with E-state index in [1.54, 1.807) is 19.1 Å². The van der Waals surface area contributed by atoms with Gasteiger partial charge in [-0.1, -0.05) is 120 Å². The SMILES string of the molecule is CCC(/C=C/[C@@H](C)[C@H]1CC[C@H]2[C@@H]3CC=C4C[C@@H](OC(=O)N5C[C@H](OC(=O)CCC(=O)O)C[C@H]5COC(c5ccccc5)(c5ccc(OC)cc5)c5ccc(OC)cc5)CC[C@]4(C)[C@H]3CC[C@]12C)C(C)C. The van der Waals surface area contributed by atoms with E-state index in [0.29, 0.717) is 52.9 Å². The number of carbonyl (C=O) groups excluding carboxylic acids is 2. The Kier molecular flexibility index (Phi) is 15.9. The van der Waals surface area contributed by atoms with Crippen molar-refractivity contribution in [2.75, 3.05) is 27.4 Å². The zero-order chi connectivity index (χ0) is 49.8. The van der Waals surface area contributed by atoms with Crippen molar-refractivity contribution < 1.29 is 43.2 Å². The summed E-state index contributed by atoms with van der Waals surface area (Å²) in [6.07, 6.45) is 15.9. The molecule has 4 aliphatic carbocycles. The molecule has 3 aromatic carbocycles. The lowest BCUT2D eigenvalue weighted by atomic mass is 9.47. The second-order valence-electron chi connectivity index (χ2n) is 22.2. The van der Waals surface area contributed by atoms with Gasteiger partial charge < -0.3 is 28.8 Å². The Morgan fingerprint density at radius 1 is 0.786 bits per heavy atom. The third-order valence-corrected chi connectivity index (χ3v) is 18.1. The molecule has 1 aliphatic heterocycles. The monoisotopic (exact) mass is 958 g/mol. The molecule has 70 heavy (non-hydrogen) atoms. The highest BCUT2D eigenvalue weighted by atomic mass is 16.6. The van der Waals surface area contributed by atoms with Crippen LogP contribution in [0.1, 0.15) is 135 Å². The number of carbonyl (C=O) groups is 3. The maximum atomic E-state index is 14.7. The Balaban J connectivity index is 1.01. The molecule has 1 heterocycles. The maximum Gasteiger partial charge on any atom is 0.410 e. The van der Waals surface area contributed by atoms with Crippen LogP contribution >= 0.6 is 0 Å². The molecule has 5 aliphatic rings. The van der Waals surface area contributed by atoms with E-state index in [0.717, 1.165) is 54.2 Å². The van der Waals surface area contributed by atoms with Crippen molar-refractivity contribution in [1.29, 1.82) is 0 Å². The van der Waals surface area contributed by atoms with E-state index in [4.69, 9.17) is 23.7 Å². The van der Waals surface area contributed by atoms with Crippen molar-refractivity contribution >= 4 is 18.0 Å². The molecule has 378 valence electrons. The number of fused-ring (bicyclic) bond motifs is 5. The molecule has 0 bridgehead atoms. The average Bonchev–Trinajstić information content (AvgIpc) is 3.94. The Bertz CT molecular complexity index is 2280. The Morgan fingerprint density at radius 3 is 2.06 bits per heavy atom. The van der Waals surface area contributed by atoms with E-state index in [-0.39, 0.29) is 37.5 Å². The van der Waals surface area contributed by atoms with Crippen molar-refractivity contribution in [1.82, 2.24) is 4.90 Å². The number of esters is 1. The van der Waals surface area contributed by atoms with Crippen molar-refractivity contribution in [2.24, 2.45) is 52.3 Å².